The molecular weight excluding hydrogens is 213 g/mol. The van der Waals surface area contributed by atoms with Crippen molar-refractivity contribution in [3.8, 4) is 0 Å². The number of hydrogen-bond donors (Lipinski definition) is 4. The molecule has 0 rings (SSSR count). The third kappa shape index (κ3) is 15.5. The predicted octanol–water partition coefficient (Wildman–Crippen LogP) is -5.90. The van der Waals surface area contributed by atoms with Crippen LogP contribution in [0.2, 0.25) is 0 Å². The Morgan fingerprint density at radius 3 is 2.08 bits per heavy atom. The second-order valence-corrected chi connectivity index (χ2v) is 3.70. The maximum Gasteiger partial charge on any atom is 1.00 e. The Morgan fingerprint density at radius 2 is 1.77 bits per heavy atom. The van der Waals surface area contributed by atoms with Crippen molar-refractivity contribution in [3.63, 3.8) is 0 Å². The molecule has 0 aliphatic heterocycles. The smallest absolute Gasteiger partial charge is 0.748 e. The molecule has 0 aliphatic rings. The molecule has 0 fully saturated rings. The van der Waals surface area contributed by atoms with E-state index in [9.17, 15) is 13.0 Å². The van der Waals surface area contributed by atoms with Gasteiger partial charge in [-0.2, -0.15) is 0 Å². The van der Waals surface area contributed by atoms with Gasteiger partial charge in [-0.3, -0.25) is 0 Å². The Kier molecular flexibility index (Phi) is 7.81. The summed E-state index contributed by atoms with van der Waals surface area (Å²) in [7, 11) is -4.28. The molecular formula is C4H10NNaO6S. The third-order valence-corrected chi connectivity index (χ3v) is 1.72. The summed E-state index contributed by atoms with van der Waals surface area (Å²) in [6, 6.07) is 0. The summed E-state index contributed by atoms with van der Waals surface area (Å²) in [4.78, 5) is 0. The zero-order valence-corrected chi connectivity index (χ0v) is 9.91. The summed E-state index contributed by atoms with van der Waals surface area (Å²) in [5, 5.41) is 26.4. The zero-order chi connectivity index (χ0) is 9.83. The summed E-state index contributed by atoms with van der Waals surface area (Å²) >= 11 is 0. The normalized spacial score (nSPS) is 12.3. The molecule has 4 N–H and O–H groups in total. The van der Waals surface area contributed by atoms with E-state index in [4.69, 9.17) is 15.3 Å². The van der Waals surface area contributed by atoms with Gasteiger partial charge in [-0.05, 0) is 6.42 Å². The Balaban J connectivity index is 0. The first-order chi connectivity index (χ1) is 5.21. The summed E-state index contributed by atoms with van der Waals surface area (Å²) in [6.45, 7) is -0.190. The van der Waals surface area contributed by atoms with Gasteiger partial charge in [0, 0.05) is 12.3 Å². The molecule has 0 heterocycles. The molecule has 0 saturated carbocycles. The molecule has 0 radical (unpaired) electrons. The molecule has 0 saturated heterocycles. The van der Waals surface area contributed by atoms with Crippen molar-refractivity contribution in [2.24, 2.45) is 0 Å². The summed E-state index contributed by atoms with van der Waals surface area (Å²) < 4.78 is 30.0. The Hall–Kier alpha value is 0.750. The van der Waals surface area contributed by atoms with Gasteiger partial charge in [0.2, 0.25) is 0 Å². The van der Waals surface area contributed by atoms with Crippen molar-refractivity contribution in [1.29, 1.82) is 0 Å². The fourth-order valence-corrected chi connectivity index (χ4v) is 1.00. The van der Waals surface area contributed by atoms with E-state index in [-0.39, 0.29) is 42.5 Å². The van der Waals surface area contributed by atoms with Crippen molar-refractivity contribution in [3.05, 3.63) is 0 Å². The molecule has 13 heavy (non-hydrogen) atoms. The molecule has 0 unspecified atom stereocenters. The molecule has 0 amide bonds. The van der Waals surface area contributed by atoms with Crippen LogP contribution in [0.4, 0.5) is 0 Å². The summed E-state index contributed by atoms with van der Waals surface area (Å²) in [5.74, 6) is -0.615. The van der Waals surface area contributed by atoms with Gasteiger partial charge < -0.3 is 19.9 Å². The Morgan fingerprint density at radius 1 is 1.31 bits per heavy atom. The van der Waals surface area contributed by atoms with Gasteiger partial charge in [-0.1, -0.05) is 0 Å². The summed E-state index contributed by atoms with van der Waals surface area (Å²) in [5.41, 5.74) is 0. The van der Waals surface area contributed by atoms with E-state index in [1.165, 1.54) is 0 Å². The molecule has 74 valence electrons. The topological polar surface area (TPSA) is 130 Å². The van der Waals surface area contributed by atoms with Crippen molar-refractivity contribution >= 4 is 10.1 Å². The number of hydrogen-bond acceptors (Lipinski definition) is 7. The Labute approximate surface area is 97.8 Å². The van der Waals surface area contributed by atoms with Gasteiger partial charge in [0.15, 0.2) is 0 Å². The van der Waals surface area contributed by atoms with Crippen LogP contribution in [0.5, 0.6) is 0 Å². The second-order valence-electron chi connectivity index (χ2n) is 2.18. The molecule has 0 aliphatic carbocycles. The van der Waals surface area contributed by atoms with E-state index in [1.54, 1.807) is 5.32 Å². The van der Waals surface area contributed by atoms with E-state index in [1.807, 2.05) is 0 Å². The molecule has 9 heteroatoms. The van der Waals surface area contributed by atoms with Crippen LogP contribution in [0.25, 0.3) is 0 Å². The van der Waals surface area contributed by atoms with Crippen molar-refractivity contribution in [1.82, 2.24) is 5.32 Å². The van der Waals surface area contributed by atoms with E-state index in [0.717, 1.165) is 0 Å². The van der Waals surface area contributed by atoms with Gasteiger partial charge >= 0.3 is 35.7 Å². The maximum atomic E-state index is 9.98. The van der Waals surface area contributed by atoms with Crippen LogP contribution < -0.4 is 34.9 Å². The molecule has 0 atom stereocenters. The maximum absolute atomic E-state index is 9.98. The van der Waals surface area contributed by atoms with Gasteiger partial charge in [-0.15, -0.1) is 0 Å². The third-order valence-electron chi connectivity index (χ3n) is 0.933. The SMILES string of the molecule is O=S(=O)([O-])CCCNC(O)(O)O.[Na+]. The molecule has 0 aromatic rings. The molecule has 0 aromatic carbocycles. The summed E-state index contributed by atoms with van der Waals surface area (Å²) in [6.07, 6.45) is -3.12. The fourth-order valence-electron chi connectivity index (χ4n) is 0.505. The van der Waals surface area contributed by atoms with Crippen LogP contribution >= 0.6 is 0 Å². The van der Waals surface area contributed by atoms with E-state index in [2.05, 4.69) is 0 Å². The number of nitrogens with one attached hydrogen (secondary N) is 1. The number of aliphatic hydroxyl groups is 3. The predicted molar refractivity (Wildman–Crippen MR) is 36.6 cm³/mol. The monoisotopic (exact) mass is 223 g/mol. The first-order valence-electron chi connectivity index (χ1n) is 3.06. The van der Waals surface area contributed by atoms with E-state index in [0.29, 0.717) is 0 Å². The van der Waals surface area contributed by atoms with Crippen molar-refractivity contribution in [2.75, 3.05) is 12.3 Å². The minimum absolute atomic E-state index is 0. The van der Waals surface area contributed by atoms with Crippen molar-refractivity contribution in [2.45, 2.75) is 12.5 Å². The quantitative estimate of drug-likeness (QED) is 0.158. The largest absolute Gasteiger partial charge is 1.00 e. The minimum Gasteiger partial charge on any atom is -0.748 e. The zero-order valence-electron chi connectivity index (χ0n) is 7.10. The molecule has 0 bridgehead atoms. The molecule has 0 spiro atoms. The fraction of sp³-hybridized carbons (Fsp3) is 1.00. The average Bonchev–Trinajstić information content (AvgIpc) is 1.76. The van der Waals surface area contributed by atoms with Gasteiger partial charge in [0.05, 0.1) is 10.1 Å². The minimum atomic E-state index is -4.28. The van der Waals surface area contributed by atoms with Crippen LogP contribution in [-0.2, 0) is 10.1 Å². The first kappa shape index (κ1) is 16.2. The van der Waals surface area contributed by atoms with Gasteiger partial charge in [0.25, 0.3) is 0 Å². The van der Waals surface area contributed by atoms with E-state index < -0.39 is 22.0 Å². The average molecular weight is 223 g/mol. The van der Waals surface area contributed by atoms with Crippen LogP contribution in [0, 0.1) is 0 Å². The Bertz CT molecular complexity index is 221. The standard InChI is InChI=1S/C4H11NO6S.Na/c6-4(7,8)5-2-1-3-12(9,10)11;/h5-8H,1-3H2,(H,9,10,11);/q;+1/p-1. The first-order valence-corrected chi connectivity index (χ1v) is 4.64. The number of rotatable bonds is 5. The van der Waals surface area contributed by atoms with Crippen LogP contribution in [0.3, 0.4) is 0 Å². The van der Waals surface area contributed by atoms with E-state index >= 15 is 0 Å². The molecule has 0 aromatic heterocycles. The van der Waals surface area contributed by atoms with Crippen LogP contribution in [0.15, 0.2) is 0 Å². The second kappa shape index (κ2) is 6.27. The van der Waals surface area contributed by atoms with Gasteiger partial charge in [0.1, 0.15) is 0 Å². The van der Waals surface area contributed by atoms with Crippen molar-refractivity contribution < 1.29 is 57.8 Å². The molecule has 7 nitrogen and oxygen atoms in total. The van der Waals surface area contributed by atoms with Crippen LogP contribution in [-0.4, -0.2) is 46.7 Å². The van der Waals surface area contributed by atoms with Crippen LogP contribution in [0.1, 0.15) is 6.42 Å². The van der Waals surface area contributed by atoms with Gasteiger partial charge in [-0.25, -0.2) is 13.7 Å².